The molecule has 1 rings (SSSR count). The summed E-state index contributed by atoms with van der Waals surface area (Å²) in [5, 5.41) is 3.28. The molecule has 0 aliphatic heterocycles. The number of nitrogens with zero attached hydrogens (tertiary/aromatic N) is 2. The van der Waals surface area contributed by atoms with Crippen molar-refractivity contribution in [2.24, 2.45) is 5.73 Å². The van der Waals surface area contributed by atoms with Gasteiger partial charge in [0, 0.05) is 24.3 Å². The van der Waals surface area contributed by atoms with Gasteiger partial charge in [0.15, 0.2) is 0 Å². The molecule has 1 aromatic rings. The lowest BCUT2D eigenvalue weighted by atomic mass is 10.2. The molecule has 90 valence electrons. The first-order valence-electron chi connectivity index (χ1n) is 6.06. The van der Waals surface area contributed by atoms with Crippen molar-refractivity contribution < 1.29 is 0 Å². The maximum atomic E-state index is 5.84. The Kier molecular flexibility index (Phi) is 5.78. The normalized spacial score (nSPS) is 12.4. The maximum absolute atomic E-state index is 5.84. The molecule has 1 heterocycles. The summed E-state index contributed by atoms with van der Waals surface area (Å²) in [6.45, 7) is 5.13. The van der Waals surface area contributed by atoms with E-state index in [0.29, 0.717) is 0 Å². The van der Waals surface area contributed by atoms with Crippen LogP contribution < -0.4 is 11.1 Å². The Morgan fingerprint density at radius 1 is 1.38 bits per heavy atom. The van der Waals surface area contributed by atoms with Crippen LogP contribution in [0.2, 0.25) is 0 Å². The third kappa shape index (κ3) is 4.57. The second-order valence-electron chi connectivity index (χ2n) is 4.03. The van der Waals surface area contributed by atoms with Gasteiger partial charge in [-0.25, -0.2) is 9.97 Å². The zero-order valence-corrected chi connectivity index (χ0v) is 10.2. The number of aryl methyl sites for hydroxylation is 1. The Morgan fingerprint density at radius 2 is 2.19 bits per heavy atom. The molecule has 0 spiro atoms. The fourth-order valence-electron chi connectivity index (χ4n) is 1.48. The van der Waals surface area contributed by atoms with Gasteiger partial charge in [0.2, 0.25) is 0 Å². The standard InChI is InChI=1S/C12H22N4/c1-3-5-11-8-12(16-9-15-11)14-7-6-10(13)4-2/h8-10H,3-7,13H2,1-2H3,(H,14,15,16). The van der Waals surface area contributed by atoms with E-state index in [9.17, 15) is 0 Å². The van der Waals surface area contributed by atoms with E-state index >= 15 is 0 Å². The summed E-state index contributed by atoms with van der Waals surface area (Å²) in [5.74, 6) is 0.904. The van der Waals surface area contributed by atoms with E-state index in [1.54, 1.807) is 6.33 Å². The van der Waals surface area contributed by atoms with Gasteiger partial charge in [-0.2, -0.15) is 0 Å². The average molecular weight is 222 g/mol. The Balaban J connectivity index is 2.38. The highest BCUT2D eigenvalue weighted by Crippen LogP contribution is 2.06. The molecule has 0 saturated carbocycles. The summed E-state index contributed by atoms with van der Waals surface area (Å²) in [6, 6.07) is 2.30. The number of hydrogen-bond donors (Lipinski definition) is 2. The van der Waals surface area contributed by atoms with Gasteiger partial charge in [-0.3, -0.25) is 0 Å². The molecule has 0 aliphatic rings. The van der Waals surface area contributed by atoms with Gasteiger partial charge < -0.3 is 11.1 Å². The average Bonchev–Trinajstić information content (AvgIpc) is 2.30. The van der Waals surface area contributed by atoms with Crippen LogP contribution in [0.4, 0.5) is 5.82 Å². The lowest BCUT2D eigenvalue weighted by Crippen LogP contribution is -2.22. The van der Waals surface area contributed by atoms with Gasteiger partial charge in [-0.15, -0.1) is 0 Å². The summed E-state index contributed by atoms with van der Waals surface area (Å²) in [5.41, 5.74) is 6.94. The van der Waals surface area contributed by atoms with E-state index in [1.165, 1.54) is 0 Å². The van der Waals surface area contributed by atoms with E-state index in [4.69, 9.17) is 5.73 Å². The van der Waals surface area contributed by atoms with Gasteiger partial charge in [0.1, 0.15) is 12.1 Å². The number of nitrogens with one attached hydrogen (secondary N) is 1. The highest BCUT2D eigenvalue weighted by Gasteiger charge is 2.00. The predicted molar refractivity (Wildman–Crippen MR) is 67.4 cm³/mol. The minimum atomic E-state index is 0.282. The Bertz CT molecular complexity index is 301. The Hall–Kier alpha value is -1.16. The van der Waals surface area contributed by atoms with Gasteiger partial charge in [0.25, 0.3) is 0 Å². The molecule has 1 unspecified atom stereocenters. The summed E-state index contributed by atoms with van der Waals surface area (Å²) >= 11 is 0. The van der Waals surface area contributed by atoms with E-state index in [1.807, 2.05) is 6.07 Å². The zero-order chi connectivity index (χ0) is 11.8. The number of nitrogens with two attached hydrogens (primary N) is 1. The lowest BCUT2D eigenvalue weighted by molar-refractivity contribution is 0.613. The predicted octanol–water partition coefficient (Wildman–Crippen LogP) is 1.97. The molecule has 0 fully saturated rings. The van der Waals surface area contributed by atoms with Crippen LogP contribution in [0.5, 0.6) is 0 Å². The summed E-state index contributed by atoms with van der Waals surface area (Å²) in [6.07, 6.45) is 5.73. The molecule has 0 aromatic carbocycles. The van der Waals surface area contributed by atoms with Crippen molar-refractivity contribution in [3.8, 4) is 0 Å². The quantitative estimate of drug-likeness (QED) is 0.740. The molecule has 4 nitrogen and oxygen atoms in total. The zero-order valence-electron chi connectivity index (χ0n) is 10.2. The number of rotatable bonds is 7. The molecule has 0 aliphatic carbocycles. The van der Waals surface area contributed by atoms with Crippen LogP contribution >= 0.6 is 0 Å². The maximum Gasteiger partial charge on any atom is 0.129 e. The van der Waals surface area contributed by atoms with Crippen LogP contribution in [-0.4, -0.2) is 22.6 Å². The molecular weight excluding hydrogens is 200 g/mol. The minimum Gasteiger partial charge on any atom is -0.370 e. The molecule has 0 radical (unpaired) electrons. The molecule has 0 amide bonds. The monoisotopic (exact) mass is 222 g/mol. The SMILES string of the molecule is CCCc1cc(NCCC(N)CC)ncn1. The largest absolute Gasteiger partial charge is 0.370 e. The van der Waals surface area contributed by atoms with E-state index in [0.717, 1.165) is 43.7 Å². The van der Waals surface area contributed by atoms with Gasteiger partial charge >= 0.3 is 0 Å². The fraction of sp³-hybridized carbons (Fsp3) is 0.667. The molecule has 1 aromatic heterocycles. The second-order valence-corrected chi connectivity index (χ2v) is 4.03. The third-order valence-corrected chi connectivity index (χ3v) is 2.58. The van der Waals surface area contributed by atoms with Crippen LogP contribution in [0.3, 0.4) is 0 Å². The Labute approximate surface area is 97.7 Å². The van der Waals surface area contributed by atoms with Gasteiger partial charge in [-0.05, 0) is 19.3 Å². The smallest absolute Gasteiger partial charge is 0.129 e. The first kappa shape index (κ1) is 12.9. The van der Waals surface area contributed by atoms with Crippen molar-refractivity contribution in [1.29, 1.82) is 0 Å². The van der Waals surface area contributed by atoms with Crippen molar-refractivity contribution >= 4 is 5.82 Å². The van der Waals surface area contributed by atoms with Gasteiger partial charge in [-0.1, -0.05) is 20.3 Å². The van der Waals surface area contributed by atoms with E-state index in [2.05, 4.69) is 29.1 Å². The first-order chi connectivity index (χ1) is 7.76. The molecule has 16 heavy (non-hydrogen) atoms. The number of aromatic nitrogens is 2. The molecule has 0 bridgehead atoms. The van der Waals surface area contributed by atoms with E-state index < -0.39 is 0 Å². The second kappa shape index (κ2) is 7.17. The van der Waals surface area contributed by atoms with Crippen LogP contribution in [-0.2, 0) is 6.42 Å². The van der Waals surface area contributed by atoms with E-state index in [-0.39, 0.29) is 6.04 Å². The first-order valence-corrected chi connectivity index (χ1v) is 6.06. The number of hydrogen-bond acceptors (Lipinski definition) is 4. The van der Waals surface area contributed by atoms with Crippen molar-refractivity contribution in [3.05, 3.63) is 18.1 Å². The third-order valence-electron chi connectivity index (χ3n) is 2.58. The fourth-order valence-corrected chi connectivity index (χ4v) is 1.48. The molecule has 4 heteroatoms. The highest BCUT2D eigenvalue weighted by molar-refractivity contribution is 5.34. The lowest BCUT2D eigenvalue weighted by Gasteiger charge is -2.10. The minimum absolute atomic E-state index is 0.282. The highest BCUT2D eigenvalue weighted by atomic mass is 15.0. The summed E-state index contributed by atoms with van der Waals surface area (Å²) in [7, 11) is 0. The van der Waals surface area contributed by atoms with Crippen molar-refractivity contribution in [3.63, 3.8) is 0 Å². The van der Waals surface area contributed by atoms with Crippen molar-refractivity contribution in [1.82, 2.24) is 9.97 Å². The van der Waals surface area contributed by atoms with Crippen LogP contribution in [0.25, 0.3) is 0 Å². The van der Waals surface area contributed by atoms with Crippen molar-refractivity contribution in [2.45, 2.75) is 45.6 Å². The number of anilines is 1. The van der Waals surface area contributed by atoms with Crippen molar-refractivity contribution in [2.75, 3.05) is 11.9 Å². The van der Waals surface area contributed by atoms with Crippen LogP contribution in [0.1, 0.15) is 38.8 Å². The van der Waals surface area contributed by atoms with Gasteiger partial charge in [0.05, 0.1) is 0 Å². The molecule has 1 atom stereocenters. The Morgan fingerprint density at radius 3 is 2.88 bits per heavy atom. The summed E-state index contributed by atoms with van der Waals surface area (Å²) < 4.78 is 0. The molecule has 0 saturated heterocycles. The van der Waals surface area contributed by atoms with Crippen LogP contribution in [0.15, 0.2) is 12.4 Å². The topological polar surface area (TPSA) is 63.8 Å². The van der Waals surface area contributed by atoms with Crippen LogP contribution in [0, 0.1) is 0 Å². The molecular formula is C12H22N4. The molecule has 3 N–H and O–H groups in total. The summed E-state index contributed by atoms with van der Waals surface area (Å²) in [4.78, 5) is 8.39.